The van der Waals surface area contributed by atoms with Crippen LogP contribution in [0.2, 0.25) is 0 Å². The van der Waals surface area contributed by atoms with E-state index in [0.717, 1.165) is 28.1 Å². The Hall–Kier alpha value is -3.19. The van der Waals surface area contributed by atoms with Gasteiger partial charge >= 0.3 is 0 Å². The molecule has 0 unspecified atom stereocenters. The Morgan fingerprint density at radius 2 is 1.91 bits per heavy atom. The number of hydrogen-bond donors (Lipinski definition) is 0. The molecular weight excluding hydrogens is 418 g/mol. The fourth-order valence-electron chi connectivity index (χ4n) is 4.24. The lowest BCUT2D eigenvalue weighted by molar-refractivity contribution is 0.102. The van der Waals surface area contributed by atoms with E-state index in [1.807, 2.05) is 41.0 Å². The molecule has 6 nitrogen and oxygen atoms in total. The Kier molecular flexibility index (Phi) is 5.43. The number of hydrogen-bond acceptors (Lipinski definition) is 5. The number of nitrogens with zero attached hydrogens (tertiary/aromatic N) is 5. The Morgan fingerprint density at radius 1 is 1.09 bits per heavy atom. The molecule has 5 rings (SSSR count). The van der Waals surface area contributed by atoms with Gasteiger partial charge in [-0.2, -0.15) is 0 Å². The predicted octanol–water partition coefficient (Wildman–Crippen LogP) is 5.37. The SMILES string of the molecule is Cc1ccccc1-n1c(SCC(=O)c2cc(C)n(C3CC3)c2C)nnc1-c1cccnc1. The fraction of sp³-hybridized carbons (Fsp3) is 0.280. The van der Waals surface area contributed by atoms with Crippen LogP contribution in [0.5, 0.6) is 0 Å². The lowest BCUT2D eigenvalue weighted by Crippen LogP contribution is -2.07. The van der Waals surface area contributed by atoms with Crippen molar-refractivity contribution in [1.29, 1.82) is 0 Å². The van der Waals surface area contributed by atoms with Crippen LogP contribution in [-0.2, 0) is 0 Å². The molecular formula is C25H25N5OS. The minimum atomic E-state index is 0.122. The van der Waals surface area contributed by atoms with Crippen LogP contribution < -0.4 is 0 Å². The van der Waals surface area contributed by atoms with Gasteiger partial charge in [-0.05, 0) is 63.4 Å². The zero-order chi connectivity index (χ0) is 22.2. The van der Waals surface area contributed by atoms with Gasteiger partial charge in [0.2, 0.25) is 0 Å². The Morgan fingerprint density at radius 3 is 2.62 bits per heavy atom. The quantitative estimate of drug-likeness (QED) is 0.284. The van der Waals surface area contributed by atoms with Gasteiger partial charge in [-0.15, -0.1) is 10.2 Å². The number of aryl methyl sites for hydroxylation is 2. The van der Waals surface area contributed by atoms with Crippen molar-refractivity contribution >= 4 is 17.5 Å². The molecule has 162 valence electrons. The van der Waals surface area contributed by atoms with E-state index in [2.05, 4.69) is 46.6 Å². The minimum Gasteiger partial charge on any atom is -0.345 e. The second-order valence-corrected chi connectivity index (χ2v) is 9.21. The number of ketones is 1. The Balaban J connectivity index is 1.47. The number of para-hydroxylation sites is 1. The summed E-state index contributed by atoms with van der Waals surface area (Å²) in [5.74, 6) is 1.15. The van der Waals surface area contributed by atoms with E-state index >= 15 is 0 Å². The summed E-state index contributed by atoms with van der Waals surface area (Å²) >= 11 is 1.43. The van der Waals surface area contributed by atoms with E-state index in [9.17, 15) is 4.79 Å². The molecule has 0 aliphatic heterocycles. The highest BCUT2D eigenvalue weighted by Crippen LogP contribution is 2.38. The topological polar surface area (TPSA) is 65.6 Å². The highest BCUT2D eigenvalue weighted by molar-refractivity contribution is 7.99. The fourth-order valence-corrected chi connectivity index (χ4v) is 5.07. The number of carbonyl (C=O) groups excluding carboxylic acids is 1. The molecule has 0 N–H and O–H groups in total. The third-order valence-electron chi connectivity index (χ3n) is 5.94. The van der Waals surface area contributed by atoms with Gasteiger partial charge < -0.3 is 4.57 Å². The van der Waals surface area contributed by atoms with Crippen LogP contribution in [-0.4, -0.2) is 35.9 Å². The van der Waals surface area contributed by atoms with E-state index in [4.69, 9.17) is 0 Å². The first-order chi connectivity index (χ1) is 15.5. The maximum absolute atomic E-state index is 13.1. The first-order valence-corrected chi connectivity index (χ1v) is 11.8. The van der Waals surface area contributed by atoms with Crippen LogP contribution >= 0.6 is 11.8 Å². The summed E-state index contributed by atoms with van der Waals surface area (Å²) in [4.78, 5) is 17.4. The summed E-state index contributed by atoms with van der Waals surface area (Å²) < 4.78 is 4.34. The summed E-state index contributed by atoms with van der Waals surface area (Å²) in [7, 11) is 0. The lowest BCUT2D eigenvalue weighted by atomic mass is 10.2. The van der Waals surface area contributed by atoms with Gasteiger partial charge in [-0.3, -0.25) is 14.3 Å². The first-order valence-electron chi connectivity index (χ1n) is 10.8. The number of carbonyl (C=O) groups is 1. The van der Waals surface area contributed by atoms with Gasteiger partial charge in [0.25, 0.3) is 0 Å². The van der Waals surface area contributed by atoms with E-state index in [1.165, 1.54) is 30.3 Å². The molecule has 4 aromatic rings. The lowest BCUT2D eigenvalue weighted by Gasteiger charge is -2.12. The molecule has 1 saturated carbocycles. The molecule has 3 heterocycles. The number of benzene rings is 1. The zero-order valence-corrected chi connectivity index (χ0v) is 19.3. The maximum Gasteiger partial charge on any atom is 0.196 e. The molecule has 1 aromatic carbocycles. The van der Waals surface area contributed by atoms with Crippen molar-refractivity contribution in [3.8, 4) is 17.1 Å². The molecule has 3 aromatic heterocycles. The second kappa shape index (κ2) is 8.39. The van der Waals surface area contributed by atoms with Crippen LogP contribution in [0, 0.1) is 20.8 Å². The van der Waals surface area contributed by atoms with Crippen LogP contribution in [0.1, 0.15) is 46.2 Å². The van der Waals surface area contributed by atoms with Crippen LogP contribution in [0.15, 0.2) is 60.0 Å². The highest BCUT2D eigenvalue weighted by Gasteiger charge is 2.28. The monoisotopic (exact) mass is 443 g/mol. The van der Waals surface area contributed by atoms with Crippen LogP contribution in [0.4, 0.5) is 0 Å². The van der Waals surface area contributed by atoms with Crippen molar-refractivity contribution in [2.75, 3.05) is 5.75 Å². The summed E-state index contributed by atoms with van der Waals surface area (Å²) in [6, 6.07) is 14.6. The third kappa shape index (κ3) is 3.77. The Labute approximate surface area is 191 Å². The van der Waals surface area contributed by atoms with Gasteiger partial charge in [0.1, 0.15) is 0 Å². The maximum atomic E-state index is 13.1. The first kappa shape index (κ1) is 20.7. The summed E-state index contributed by atoms with van der Waals surface area (Å²) in [6.45, 7) is 6.21. The minimum absolute atomic E-state index is 0.122. The number of rotatable bonds is 7. The highest BCUT2D eigenvalue weighted by atomic mass is 32.2. The predicted molar refractivity (Wildman–Crippen MR) is 127 cm³/mol. The molecule has 0 bridgehead atoms. The van der Waals surface area contributed by atoms with Crippen molar-refractivity contribution in [3.63, 3.8) is 0 Å². The summed E-state index contributed by atoms with van der Waals surface area (Å²) in [6.07, 6.45) is 5.93. The van der Waals surface area contributed by atoms with E-state index < -0.39 is 0 Å². The number of thioether (sulfide) groups is 1. The molecule has 1 aliphatic carbocycles. The van der Waals surface area contributed by atoms with E-state index in [1.54, 1.807) is 12.4 Å². The molecule has 0 saturated heterocycles. The molecule has 1 aliphatic rings. The molecule has 0 amide bonds. The normalized spacial score (nSPS) is 13.5. The summed E-state index contributed by atoms with van der Waals surface area (Å²) in [5, 5.41) is 9.61. The van der Waals surface area contributed by atoms with Crippen molar-refractivity contribution in [1.82, 2.24) is 24.3 Å². The molecule has 32 heavy (non-hydrogen) atoms. The van der Waals surface area contributed by atoms with Crippen molar-refractivity contribution in [2.45, 2.75) is 44.8 Å². The van der Waals surface area contributed by atoms with Gasteiger partial charge in [0, 0.05) is 41.0 Å². The van der Waals surface area contributed by atoms with Crippen molar-refractivity contribution < 1.29 is 4.79 Å². The molecule has 0 radical (unpaired) electrons. The molecule has 0 spiro atoms. The molecule has 1 fully saturated rings. The standard InChI is InChI=1S/C25H25N5OS/c1-16-7-4-5-9-22(16)30-24(19-8-6-12-26-14-19)27-28-25(30)32-15-23(31)21-13-17(2)29(18(21)3)20-10-11-20/h4-9,12-14,20H,10-11,15H2,1-3H3. The van der Waals surface area contributed by atoms with Gasteiger partial charge in [-0.25, -0.2) is 0 Å². The molecule has 0 atom stereocenters. The van der Waals surface area contributed by atoms with Crippen LogP contribution in [0.25, 0.3) is 17.1 Å². The van der Waals surface area contributed by atoms with Crippen LogP contribution in [0.3, 0.4) is 0 Å². The van der Waals surface area contributed by atoms with Crippen molar-refractivity contribution in [2.24, 2.45) is 0 Å². The largest absolute Gasteiger partial charge is 0.345 e. The van der Waals surface area contributed by atoms with E-state index in [0.29, 0.717) is 22.8 Å². The van der Waals surface area contributed by atoms with Gasteiger partial charge in [-0.1, -0.05) is 30.0 Å². The summed E-state index contributed by atoms with van der Waals surface area (Å²) in [5.41, 5.74) is 6.05. The van der Waals surface area contributed by atoms with E-state index in [-0.39, 0.29) is 5.78 Å². The van der Waals surface area contributed by atoms with Crippen molar-refractivity contribution in [3.05, 3.63) is 77.4 Å². The smallest absolute Gasteiger partial charge is 0.196 e. The molecule has 7 heteroatoms. The third-order valence-corrected chi connectivity index (χ3v) is 6.87. The average molecular weight is 444 g/mol. The van der Waals surface area contributed by atoms with Gasteiger partial charge in [0.15, 0.2) is 16.8 Å². The average Bonchev–Trinajstić information content (AvgIpc) is 3.47. The van der Waals surface area contributed by atoms with Gasteiger partial charge in [0.05, 0.1) is 11.4 Å². The number of Topliss-reactive ketones (excluding diaryl/α,β-unsaturated/α-hetero) is 1. The second-order valence-electron chi connectivity index (χ2n) is 8.27. The number of pyridine rings is 1. The number of aromatic nitrogens is 5. The zero-order valence-electron chi connectivity index (χ0n) is 18.4. The Bertz CT molecular complexity index is 1290.